The largest absolute Gasteiger partial charge is 0.380 e. The maximum absolute atomic E-state index is 11.6. The summed E-state index contributed by atoms with van der Waals surface area (Å²) in [4.78, 5) is 0. The molecule has 0 bridgehead atoms. The summed E-state index contributed by atoms with van der Waals surface area (Å²) in [6, 6.07) is 7.67. The van der Waals surface area contributed by atoms with Crippen molar-refractivity contribution in [3.8, 4) is 0 Å². The molecule has 96 valence electrons. The summed E-state index contributed by atoms with van der Waals surface area (Å²) in [7, 11) is -1.57. The molecule has 1 aromatic carbocycles. The van der Waals surface area contributed by atoms with Crippen molar-refractivity contribution in [3.63, 3.8) is 0 Å². The standard InChI is InChI=1S/C12H19NO3S/c1-10(2)17(14,15)13-8-11-5-4-6-12(7-11)9-16-3/h4-7,10,13H,8-9H2,1-3H3. The molecule has 4 nitrogen and oxygen atoms in total. The lowest BCUT2D eigenvalue weighted by molar-refractivity contribution is 0.185. The van der Waals surface area contributed by atoms with Gasteiger partial charge in [-0.2, -0.15) is 0 Å². The van der Waals surface area contributed by atoms with Crippen molar-refractivity contribution >= 4 is 10.0 Å². The van der Waals surface area contributed by atoms with E-state index < -0.39 is 15.3 Å². The van der Waals surface area contributed by atoms with Crippen molar-refractivity contribution in [2.75, 3.05) is 7.11 Å². The van der Waals surface area contributed by atoms with Crippen LogP contribution in [0.4, 0.5) is 0 Å². The highest BCUT2D eigenvalue weighted by Gasteiger charge is 2.14. The van der Waals surface area contributed by atoms with Crippen LogP contribution in [-0.4, -0.2) is 20.8 Å². The highest BCUT2D eigenvalue weighted by atomic mass is 32.2. The quantitative estimate of drug-likeness (QED) is 0.843. The van der Waals surface area contributed by atoms with Crippen LogP contribution >= 0.6 is 0 Å². The van der Waals surface area contributed by atoms with E-state index in [0.29, 0.717) is 13.2 Å². The van der Waals surface area contributed by atoms with Gasteiger partial charge in [0.2, 0.25) is 10.0 Å². The molecule has 17 heavy (non-hydrogen) atoms. The maximum atomic E-state index is 11.6. The van der Waals surface area contributed by atoms with Gasteiger partial charge in [-0.05, 0) is 25.0 Å². The van der Waals surface area contributed by atoms with E-state index in [4.69, 9.17) is 4.74 Å². The molecule has 0 aliphatic heterocycles. The summed E-state index contributed by atoms with van der Waals surface area (Å²) in [6.45, 7) is 4.16. The molecule has 1 aromatic rings. The number of hydrogen-bond acceptors (Lipinski definition) is 3. The Morgan fingerprint density at radius 3 is 2.53 bits per heavy atom. The van der Waals surface area contributed by atoms with Gasteiger partial charge in [-0.1, -0.05) is 24.3 Å². The van der Waals surface area contributed by atoms with Gasteiger partial charge in [0.25, 0.3) is 0 Å². The van der Waals surface area contributed by atoms with E-state index >= 15 is 0 Å². The van der Waals surface area contributed by atoms with E-state index in [2.05, 4.69) is 4.72 Å². The summed E-state index contributed by atoms with van der Waals surface area (Å²) >= 11 is 0. The monoisotopic (exact) mass is 257 g/mol. The highest BCUT2D eigenvalue weighted by molar-refractivity contribution is 7.90. The van der Waals surface area contributed by atoms with Crippen LogP contribution < -0.4 is 4.72 Å². The van der Waals surface area contributed by atoms with Crippen molar-refractivity contribution in [1.29, 1.82) is 0 Å². The molecule has 0 saturated carbocycles. The van der Waals surface area contributed by atoms with Crippen LogP contribution in [0.25, 0.3) is 0 Å². The Bertz CT molecular complexity index is 455. The van der Waals surface area contributed by atoms with Crippen LogP contribution in [0, 0.1) is 0 Å². The van der Waals surface area contributed by atoms with Crippen LogP contribution in [0.3, 0.4) is 0 Å². The SMILES string of the molecule is COCc1cccc(CNS(=O)(=O)C(C)C)c1. The van der Waals surface area contributed by atoms with Gasteiger partial charge in [-0.25, -0.2) is 13.1 Å². The first-order valence-electron chi connectivity index (χ1n) is 5.51. The maximum Gasteiger partial charge on any atom is 0.214 e. The molecule has 0 saturated heterocycles. The van der Waals surface area contributed by atoms with Crippen molar-refractivity contribution in [2.45, 2.75) is 32.2 Å². The molecule has 0 aromatic heterocycles. The smallest absolute Gasteiger partial charge is 0.214 e. The van der Waals surface area contributed by atoms with Gasteiger partial charge < -0.3 is 4.74 Å². The third-order valence-corrected chi connectivity index (χ3v) is 4.19. The third-order valence-electron chi connectivity index (χ3n) is 2.40. The lowest BCUT2D eigenvalue weighted by Gasteiger charge is -2.10. The first-order chi connectivity index (χ1) is 7.95. The number of methoxy groups -OCH3 is 1. The second kappa shape index (κ2) is 6.14. The zero-order valence-corrected chi connectivity index (χ0v) is 11.3. The minimum Gasteiger partial charge on any atom is -0.380 e. The summed E-state index contributed by atoms with van der Waals surface area (Å²) in [6.07, 6.45) is 0. The summed E-state index contributed by atoms with van der Waals surface area (Å²) in [5.41, 5.74) is 1.97. The van der Waals surface area contributed by atoms with Crippen LogP contribution in [-0.2, 0) is 27.9 Å². The summed E-state index contributed by atoms with van der Waals surface area (Å²) < 4.78 is 30.8. The van der Waals surface area contributed by atoms with Gasteiger partial charge in [0.15, 0.2) is 0 Å². The Kier molecular flexibility index (Phi) is 5.11. The molecule has 0 atom stereocenters. The zero-order chi connectivity index (χ0) is 12.9. The fourth-order valence-corrected chi connectivity index (χ4v) is 2.05. The Hall–Kier alpha value is -0.910. The van der Waals surface area contributed by atoms with Crippen LogP contribution in [0.5, 0.6) is 0 Å². The predicted octanol–water partition coefficient (Wildman–Crippen LogP) is 1.66. The topological polar surface area (TPSA) is 55.4 Å². The molecule has 0 aliphatic rings. The Labute approximate surface area is 103 Å². The number of benzene rings is 1. The van der Waals surface area contributed by atoms with E-state index in [9.17, 15) is 8.42 Å². The van der Waals surface area contributed by atoms with Crippen LogP contribution in [0.2, 0.25) is 0 Å². The minimum atomic E-state index is -3.20. The first-order valence-corrected chi connectivity index (χ1v) is 7.05. The van der Waals surface area contributed by atoms with Gasteiger partial charge in [0, 0.05) is 13.7 Å². The first kappa shape index (κ1) is 14.2. The number of hydrogen-bond donors (Lipinski definition) is 1. The second-order valence-corrected chi connectivity index (χ2v) is 6.49. The van der Waals surface area contributed by atoms with Gasteiger partial charge in [-0.3, -0.25) is 0 Å². The average molecular weight is 257 g/mol. The molecule has 0 amide bonds. The van der Waals surface area contributed by atoms with E-state index in [1.807, 2.05) is 24.3 Å². The average Bonchev–Trinajstić information content (AvgIpc) is 2.27. The van der Waals surface area contributed by atoms with Gasteiger partial charge >= 0.3 is 0 Å². The van der Waals surface area contributed by atoms with Crippen molar-refractivity contribution in [3.05, 3.63) is 35.4 Å². The van der Waals surface area contributed by atoms with Gasteiger partial charge in [0.1, 0.15) is 0 Å². The second-order valence-electron chi connectivity index (χ2n) is 4.17. The number of nitrogens with one attached hydrogen (secondary N) is 1. The zero-order valence-electron chi connectivity index (χ0n) is 10.4. The summed E-state index contributed by atoms with van der Waals surface area (Å²) in [5, 5.41) is -0.412. The van der Waals surface area contributed by atoms with E-state index in [0.717, 1.165) is 11.1 Å². The van der Waals surface area contributed by atoms with Gasteiger partial charge in [0.05, 0.1) is 11.9 Å². The molecule has 0 spiro atoms. The molecule has 5 heteroatoms. The Balaban J connectivity index is 2.67. The lowest BCUT2D eigenvalue weighted by Crippen LogP contribution is -2.30. The van der Waals surface area contributed by atoms with Crippen molar-refractivity contribution < 1.29 is 13.2 Å². The Morgan fingerprint density at radius 2 is 1.94 bits per heavy atom. The van der Waals surface area contributed by atoms with Crippen molar-refractivity contribution in [1.82, 2.24) is 4.72 Å². The number of ether oxygens (including phenoxy) is 1. The van der Waals surface area contributed by atoms with E-state index in [-0.39, 0.29) is 0 Å². The lowest BCUT2D eigenvalue weighted by atomic mass is 10.1. The molecule has 0 unspecified atom stereocenters. The van der Waals surface area contributed by atoms with Crippen molar-refractivity contribution in [2.24, 2.45) is 0 Å². The third kappa shape index (κ3) is 4.46. The normalized spacial score (nSPS) is 12.0. The minimum absolute atomic E-state index is 0.318. The molecule has 0 fully saturated rings. The Morgan fingerprint density at radius 1 is 1.29 bits per heavy atom. The fourth-order valence-electron chi connectivity index (χ4n) is 1.35. The molecule has 1 rings (SSSR count). The van der Waals surface area contributed by atoms with Crippen LogP contribution in [0.1, 0.15) is 25.0 Å². The molecule has 0 heterocycles. The van der Waals surface area contributed by atoms with E-state index in [1.165, 1.54) is 0 Å². The molecule has 0 aliphatic carbocycles. The van der Waals surface area contributed by atoms with E-state index in [1.54, 1.807) is 21.0 Å². The number of sulfonamides is 1. The fraction of sp³-hybridized carbons (Fsp3) is 0.500. The molecule has 0 radical (unpaired) electrons. The van der Waals surface area contributed by atoms with Crippen LogP contribution in [0.15, 0.2) is 24.3 Å². The van der Waals surface area contributed by atoms with Gasteiger partial charge in [-0.15, -0.1) is 0 Å². The molecular formula is C12H19NO3S. The molecule has 1 N–H and O–H groups in total. The molecular weight excluding hydrogens is 238 g/mol. The highest BCUT2D eigenvalue weighted by Crippen LogP contribution is 2.07. The predicted molar refractivity (Wildman–Crippen MR) is 68.1 cm³/mol. The summed E-state index contributed by atoms with van der Waals surface area (Å²) in [5.74, 6) is 0. The number of rotatable bonds is 6.